The number of rotatable bonds is 14. The molecule has 0 bridgehead atoms. The smallest absolute Gasteiger partial charge is 0.408 e. The van der Waals surface area contributed by atoms with Crippen LogP contribution >= 0.6 is 0 Å². The Morgan fingerprint density at radius 1 is 0.969 bits per heavy atom. The number of piperidine rings is 1. The lowest BCUT2D eigenvalue weighted by Crippen LogP contribution is -2.60. The number of pyridine rings is 1. The molecule has 2 aromatic heterocycles. The zero-order chi connectivity index (χ0) is 45.9. The quantitative estimate of drug-likeness (QED) is 0.100. The molecular weight excluding hydrogens is 811 g/mol. The van der Waals surface area contributed by atoms with Crippen LogP contribution in [0.1, 0.15) is 103 Å². The number of aliphatic carboxylic acids is 1. The van der Waals surface area contributed by atoms with E-state index in [1.807, 2.05) is 37.4 Å². The minimum atomic E-state index is -1.04. The van der Waals surface area contributed by atoms with E-state index in [4.69, 9.17) is 14.5 Å². The number of ether oxygens (including phenoxy) is 2. The van der Waals surface area contributed by atoms with Gasteiger partial charge >= 0.3 is 12.1 Å². The molecule has 7 rings (SSSR count). The number of hydrogen-bond donors (Lipinski definition) is 4. The topological polar surface area (TPSA) is 162 Å². The number of anilines is 1. The average molecular weight is 880 g/mol. The minimum Gasteiger partial charge on any atom is -0.480 e. The van der Waals surface area contributed by atoms with Crippen LogP contribution in [-0.4, -0.2) is 118 Å². The van der Waals surface area contributed by atoms with Crippen molar-refractivity contribution in [2.24, 2.45) is 5.41 Å². The molecule has 0 saturated carbocycles. The third-order valence-electron chi connectivity index (χ3n) is 13.1. The van der Waals surface area contributed by atoms with Crippen LogP contribution in [0, 0.1) is 5.41 Å². The summed E-state index contributed by atoms with van der Waals surface area (Å²) in [5.41, 5.74) is 10.7. The third-order valence-corrected chi connectivity index (χ3v) is 13.1. The molecule has 14 heteroatoms. The normalized spacial score (nSPS) is 19.6. The van der Waals surface area contributed by atoms with E-state index in [0.29, 0.717) is 38.4 Å². The Hall–Kier alpha value is -5.02. The van der Waals surface area contributed by atoms with Crippen molar-refractivity contribution < 1.29 is 34.1 Å². The fourth-order valence-electron chi connectivity index (χ4n) is 9.68. The molecule has 0 aliphatic carbocycles. The second-order valence-corrected chi connectivity index (χ2v) is 19.7. The number of piperazine rings is 1. The number of fused-ring (bicyclic) bond motifs is 2. The van der Waals surface area contributed by atoms with Crippen molar-refractivity contribution in [1.29, 1.82) is 0 Å². The van der Waals surface area contributed by atoms with Crippen molar-refractivity contribution in [3.8, 4) is 22.4 Å². The number of carbonyl (C=O) groups is 3. The Balaban J connectivity index is 1.29. The first-order valence-electron chi connectivity index (χ1n) is 23.2. The molecule has 3 aliphatic rings. The van der Waals surface area contributed by atoms with Gasteiger partial charge in [0.25, 0.3) is 5.91 Å². The van der Waals surface area contributed by atoms with Crippen LogP contribution in [0.5, 0.6) is 0 Å². The second kappa shape index (κ2) is 19.6. The van der Waals surface area contributed by atoms with Gasteiger partial charge in [0.1, 0.15) is 17.7 Å². The second-order valence-electron chi connectivity index (χ2n) is 19.7. The van der Waals surface area contributed by atoms with Crippen LogP contribution in [0.3, 0.4) is 0 Å². The standard InChI is InChI=1S/C50H69N7O7/c1-9-56-43-19-18-35(34-15-12-14-33(24-34)25-42(52-48(62)64-49(3,4)5)46(59)57-21-13-17-41(53-57)47(60)61)26-38(43)40(28-50(6,7)31-58)45(56)39-27-37(29-51-44(39)32(2)63-8)55-23-22-54-20-11-10-16-36(54)30-55/h12,14-15,18-19,24,26-27,29,32,36,41-42,53,58H,9-11,13,16-17,20-23,25,28,30-31H2,1-8H3,(H,52,62)(H,60,61)/t32-,36?,41?,42?/m0/s1. The van der Waals surface area contributed by atoms with Crippen LogP contribution in [-0.2, 0) is 38.4 Å². The maximum Gasteiger partial charge on any atom is 0.408 e. The number of benzene rings is 2. The lowest BCUT2D eigenvalue weighted by molar-refractivity contribution is -0.147. The predicted octanol–water partition coefficient (Wildman–Crippen LogP) is 7.35. The van der Waals surface area contributed by atoms with E-state index in [9.17, 15) is 24.6 Å². The van der Waals surface area contributed by atoms with E-state index >= 15 is 0 Å². The van der Waals surface area contributed by atoms with Crippen molar-refractivity contribution in [1.82, 2.24) is 30.2 Å². The van der Waals surface area contributed by atoms with Gasteiger partial charge in [-0.3, -0.25) is 24.5 Å². The number of hydrazine groups is 1. The zero-order valence-corrected chi connectivity index (χ0v) is 39.1. The number of carbonyl (C=O) groups excluding carboxylic acids is 2. The molecule has 0 spiro atoms. The van der Waals surface area contributed by atoms with Crippen molar-refractivity contribution in [2.75, 3.05) is 51.3 Å². The van der Waals surface area contributed by atoms with Crippen LogP contribution in [0.25, 0.3) is 33.3 Å². The van der Waals surface area contributed by atoms with E-state index < -0.39 is 41.1 Å². The number of aryl methyl sites for hydroxylation is 1. The highest BCUT2D eigenvalue weighted by Gasteiger charge is 2.35. The van der Waals surface area contributed by atoms with Gasteiger partial charge in [-0.05, 0) is 119 Å². The summed E-state index contributed by atoms with van der Waals surface area (Å²) in [6.45, 7) is 18.9. The number of aliphatic hydroxyl groups is 1. The van der Waals surface area contributed by atoms with E-state index in [1.165, 1.54) is 30.8 Å². The molecule has 4 atom stereocenters. The van der Waals surface area contributed by atoms with Gasteiger partial charge < -0.3 is 34.5 Å². The molecule has 14 nitrogen and oxygen atoms in total. The number of carboxylic acids is 1. The number of nitrogens with one attached hydrogen (secondary N) is 2. The van der Waals surface area contributed by atoms with Crippen LogP contribution < -0.4 is 15.6 Å². The number of nitrogens with zero attached hydrogens (tertiary/aromatic N) is 5. The summed E-state index contributed by atoms with van der Waals surface area (Å²) in [4.78, 5) is 49.3. The minimum absolute atomic E-state index is 0.0133. The molecule has 4 N–H and O–H groups in total. The van der Waals surface area contributed by atoms with E-state index in [0.717, 1.165) is 75.4 Å². The molecule has 2 amide bonds. The number of hydrogen-bond acceptors (Lipinski definition) is 10. The molecule has 2 aromatic carbocycles. The van der Waals surface area contributed by atoms with Gasteiger partial charge in [0.2, 0.25) is 0 Å². The van der Waals surface area contributed by atoms with Gasteiger partial charge in [-0.2, -0.15) is 0 Å². The summed E-state index contributed by atoms with van der Waals surface area (Å²) >= 11 is 0. The largest absolute Gasteiger partial charge is 0.480 e. The Kier molecular flexibility index (Phi) is 14.4. The van der Waals surface area contributed by atoms with Gasteiger partial charge in [-0.1, -0.05) is 50.6 Å². The fraction of sp³-hybridized carbons (Fsp3) is 0.560. The summed E-state index contributed by atoms with van der Waals surface area (Å²) in [6, 6.07) is 15.4. The van der Waals surface area contributed by atoms with Crippen LogP contribution in [0.15, 0.2) is 54.7 Å². The van der Waals surface area contributed by atoms with Crippen molar-refractivity contribution in [2.45, 2.75) is 130 Å². The fourth-order valence-corrected chi connectivity index (χ4v) is 9.68. The number of aliphatic hydroxyl groups excluding tert-OH is 1. The van der Waals surface area contributed by atoms with E-state index in [-0.39, 0.29) is 19.1 Å². The van der Waals surface area contributed by atoms with Crippen molar-refractivity contribution in [3.05, 3.63) is 71.5 Å². The molecule has 346 valence electrons. The summed E-state index contributed by atoms with van der Waals surface area (Å²) in [6.07, 6.45) is 6.47. The van der Waals surface area contributed by atoms with Gasteiger partial charge in [0.05, 0.1) is 29.4 Å². The van der Waals surface area contributed by atoms with Gasteiger partial charge in [0.15, 0.2) is 0 Å². The Labute approximate surface area is 378 Å². The first-order chi connectivity index (χ1) is 30.5. The maximum atomic E-state index is 14.0. The summed E-state index contributed by atoms with van der Waals surface area (Å²) in [5.74, 6) is -1.48. The summed E-state index contributed by atoms with van der Waals surface area (Å²) in [7, 11) is 1.73. The lowest BCUT2D eigenvalue weighted by Gasteiger charge is -2.45. The van der Waals surface area contributed by atoms with Crippen molar-refractivity contribution >= 4 is 34.6 Å². The number of amides is 2. The zero-order valence-electron chi connectivity index (χ0n) is 39.1. The van der Waals surface area contributed by atoms with Crippen LogP contribution in [0.4, 0.5) is 10.5 Å². The first-order valence-corrected chi connectivity index (χ1v) is 23.2. The molecule has 3 saturated heterocycles. The monoisotopic (exact) mass is 880 g/mol. The van der Waals surface area contributed by atoms with E-state index in [1.54, 1.807) is 27.9 Å². The first kappa shape index (κ1) is 47.0. The summed E-state index contributed by atoms with van der Waals surface area (Å²) < 4.78 is 13.9. The van der Waals surface area contributed by atoms with Gasteiger partial charge in [0, 0.05) is 75.4 Å². The lowest BCUT2D eigenvalue weighted by atomic mass is 9.84. The SMILES string of the molecule is CCn1c(-c2cc(N3CCN4CCCCC4C3)cnc2[C@H](C)OC)c(CC(C)(C)CO)c2cc(-c3cccc(CC(NC(=O)OC(C)(C)C)C(=O)N4CCCC(C(=O)O)N4)c3)ccc21. The Morgan fingerprint density at radius 3 is 2.47 bits per heavy atom. The number of carboxylic acid groups (broad SMARTS) is 1. The Bertz CT molecular complexity index is 2320. The highest BCUT2D eigenvalue weighted by atomic mass is 16.6. The van der Waals surface area contributed by atoms with E-state index in [2.05, 4.69) is 70.1 Å². The average Bonchev–Trinajstić information content (AvgIpc) is 3.58. The molecule has 4 aromatic rings. The predicted molar refractivity (Wildman–Crippen MR) is 250 cm³/mol. The summed E-state index contributed by atoms with van der Waals surface area (Å²) in [5, 5.41) is 25.6. The molecule has 3 unspecified atom stereocenters. The molecule has 3 aliphatic heterocycles. The third kappa shape index (κ3) is 10.6. The Morgan fingerprint density at radius 2 is 1.75 bits per heavy atom. The number of aromatic nitrogens is 2. The molecular formula is C50H69N7O7. The number of methoxy groups -OCH3 is 1. The van der Waals surface area contributed by atoms with Gasteiger partial charge in [-0.25, -0.2) is 10.2 Å². The highest BCUT2D eigenvalue weighted by Crippen LogP contribution is 2.43. The molecule has 0 radical (unpaired) electrons. The molecule has 3 fully saturated rings. The highest BCUT2D eigenvalue weighted by molar-refractivity contribution is 5.96. The maximum absolute atomic E-state index is 14.0. The molecule has 5 heterocycles. The molecule has 64 heavy (non-hydrogen) atoms. The van der Waals surface area contributed by atoms with Crippen molar-refractivity contribution in [3.63, 3.8) is 0 Å². The number of alkyl carbamates (subject to hydrolysis) is 1. The van der Waals surface area contributed by atoms with Gasteiger partial charge in [-0.15, -0.1) is 0 Å². The van der Waals surface area contributed by atoms with Crippen LogP contribution in [0.2, 0.25) is 0 Å².